The van der Waals surface area contributed by atoms with Gasteiger partial charge in [0, 0.05) is 10.9 Å². The number of fused-ring (bicyclic) bond motifs is 1. The van der Waals surface area contributed by atoms with Gasteiger partial charge >= 0.3 is 0 Å². The van der Waals surface area contributed by atoms with Gasteiger partial charge in [-0.05, 0) is 36.6 Å². The monoisotopic (exact) mass is 276 g/mol. The maximum Gasteiger partial charge on any atom is 0.135 e. The average molecular weight is 276 g/mol. The Morgan fingerprint density at radius 1 is 0.905 bits per heavy atom. The van der Waals surface area contributed by atoms with E-state index in [1.165, 1.54) is 5.56 Å². The summed E-state index contributed by atoms with van der Waals surface area (Å²) in [7, 11) is 0. The Labute approximate surface area is 123 Å². The van der Waals surface area contributed by atoms with Gasteiger partial charge in [-0.15, -0.1) is 0 Å². The van der Waals surface area contributed by atoms with Crippen molar-refractivity contribution in [2.24, 2.45) is 5.73 Å². The van der Waals surface area contributed by atoms with Crippen LogP contribution in [0.3, 0.4) is 0 Å². The summed E-state index contributed by atoms with van der Waals surface area (Å²) >= 11 is 0. The molecule has 0 saturated heterocycles. The first-order valence-electron chi connectivity index (χ1n) is 6.76. The molecule has 0 radical (unpaired) electrons. The van der Waals surface area contributed by atoms with Crippen LogP contribution in [0, 0.1) is 12.3 Å². The number of rotatable bonds is 3. The van der Waals surface area contributed by atoms with Crippen LogP contribution in [0.2, 0.25) is 0 Å². The highest BCUT2D eigenvalue weighted by molar-refractivity contribution is 6.09. The number of ether oxygens (including phenoxy) is 1. The molecule has 0 amide bonds. The van der Waals surface area contributed by atoms with E-state index in [-0.39, 0.29) is 5.84 Å². The molecular weight excluding hydrogens is 260 g/mol. The molecule has 0 saturated carbocycles. The minimum atomic E-state index is 0.0630. The fourth-order valence-electron chi connectivity index (χ4n) is 2.33. The van der Waals surface area contributed by atoms with Gasteiger partial charge in [-0.25, -0.2) is 0 Å². The molecule has 0 aliphatic carbocycles. The fraction of sp³-hybridized carbons (Fsp3) is 0.0556. The number of benzene rings is 3. The van der Waals surface area contributed by atoms with Gasteiger partial charge in [-0.2, -0.15) is 0 Å². The van der Waals surface area contributed by atoms with Crippen LogP contribution in [0.1, 0.15) is 11.1 Å². The lowest BCUT2D eigenvalue weighted by Crippen LogP contribution is -2.11. The summed E-state index contributed by atoms with van der Waals surface area (Å²) in [4.78, 5) is 0. The summed E-state index contributed by atoms with van der Waals surface area (Å²) in [5.41, 5.74) is 7.56. The summed E-state index contributed by atoms with van der Waals surface area (Å²) in [5, 5.41) is 9.54. The first-order valence-corrected chi connectivity index (χ1v) is 6.76. The second kappa shape index (κ2) is 5.29. The minimum Gasteiger partial charge on any atom is -0.457 e. The Balaban J connectivity index is 2.09. The number of nitrogen functional groups attached to an aromatic ring is 1. The highest BCUT2D eigenvalue weighted by atomic mass is 16.5. The highest BCUT2D eigenvalue weighted by Crippen LogP contribution is 2.32. The molecule has 3 N–H and O–H groups in total. The Kier molecular flexibility index (Phi) is 3.32. The van der Waals surface area contributed by atoms with Crippen LogP contribution in [-0.4, -0.2) is 5.84 Å². The van der Waals surface area contributed by atoms with Crippen molar-refractivity contribution in [1.82, 2.24) is 0 Å². The van der Waals surface area contributed by atoms with Gasteiger partial charge in [-0.3, -0.25) is 5.41 Å². The summed E-state index contributed by atoms with van der Waals surface area (Å²) in [6, 6.07) is 19.4. The Bertz CT molecular complexity index is 807. The number of hydrogen-bond acceptors (Lipinski definition) is 2. The maximum atomic E-state index is 7.67. The molecule has 21 heavy (non-hydrogen) atoms. The van der Waals surface area contributed by atoms with Crippen LogP contribution in [-0.2, 0) is 0 Å². The number of hydrogen-bond donors (Lipinski definition) is 2. The van der Waals surface area contributed by atoms with E-state index in [2.05, 4.69) is 0 Å². The van der Waals surface area contributed by atoms with Gasteiger partial charge in [0.05, 0.1) is 0 Å². The topological polar surface area (TPSA) is 59.1 Å². The van der Waals surface area contributed by atoms with Crippen molar-refractivity contribution in [3.8, 4) is 11.5 Å². The van der Waals surface area contributed by atoms with Crippen molar-refractivity contribution in [2.45, 2.75) is 6.92 Å². The molecule has 0 aromatic heterocycles. The minimum absolute atomic E-state index is 0.0630. The van der Waals surface area contributed by atoms with Crippen molar-refractivity contribution in [2.75, 3.05) is 0 Å². The molecule has 3 nitrogen and oxygen atoms in total. The van der Waals surface area contributed by atoms with Gasteiger partial charge in [0.15, 0.2) is 0 Å². The van der Waals surface area contributed by atoms with Gasteiger partial charge < -0.3 is 10.5 Å². The molecule has 0 heterocycles. The Hall–Kier alpha value is -2.81. The van der Waals surface area contributed by atoms with Crippen LogP contribution in [0.25, 0.3) is 10.8 Å². The molecule has 0 bridgehead atoms. The fourth-order valence-corrected chi connectivity index (χ4v) is 2.33. The zero-order valence-corrected chi connectivity index (χ0v) is 11.8. The van der Waals surface area contributed by atoms with E-state index in [9.17, 15) is 0 Å². The predicted molar refractivity (Wildman–Crippen MR) is 86.2 cm³/mol. The quantitative estimate of drug-likeness (QED) is 0.555. The summed E-state index contributed by atoms with van der Waals surface area (Å²) in [6.07, 6.45) is 0. The van der Waals surface area contributed by atoms with Gasteiger partial charge in [0.25, 0.3) is 0 Å². The second-order valence-corrected chi connectivity index (χ2v) is 4.99. The predicted octanol–water partition coefficient (Wildman–Crippen LogP) is 4.22. The number of aryl methyl sites for hydroxylation is 1. The van der Waals surface area contributed by atoms with Crippen LogP contribution >= 0.6 is 0 Å². The zero-order valence-electron chi connectivity index (χ0n) is 11.8. The van der Waals surface area contributed by atoms with Crippen LogP contribution in [0.15, 0.2) is 60.7 Å². The first kappa shape index (κ1) is 13.2. The third-order valence-corrected chi connectivity index (χ3v) is 3.42. The summed E-state index contributed by atoms with van der Waals surface area (Å²) in [6.45, 7) is 2.04. The molecule has 3 rings (SSSR count). The van der Waals surface area contributed by atoms with E-state index in [4.69, 9.17) is 15.9 Å². The Morgan fingerprint density at radius 3 is 2.24 bits per heavy atom. The zero-order chi connectivity index (χ0) is 14.8. The molecule has 0 spiro atoms. The third kappa shape index (κ3) is 2.58. The number of nitrogens with one attached hydrogen (secondary N) is 1. The molecule has 0 atom stereocenters. The lowest BCUT2D eigenvalue weighted by molar-refractivity contribution is 0.488. The van der Waals surface area contributed by atoms with Crippen LogP contribution in [0.5, 0.6) is 11.5 Å². The molecule has 0 aliphatic rings. The molecular formula is C18H16N2O. The molecule has 3 heteroatoms. The summed E-state index contributed by atoms with van der Waals surface area (Å²) in [5.74, 6) is 1.62. The third-order valence-electron chi connectivity index (χ3n) is 3.42. The van der Waals surface area contributed by atoms with Crippen molar-refractivity contribution in [3.05, 3.63) is 71.8 Å². The molecule has 0 aliphatic heterocycles. The van der Waals surface area contributed by atoms with E-state index in [1.807, 2.05) is 67.6 Å². The number of nitrogens with two attached hydrogens (primary N) is 1. The van der Waals surface area contributed by atoms with Crippen LogP contribution < -0.4 is 10.5 Å². The maximum absolute atomic E-state index is 7.67. The SMILES string of the molecule is Cc1ccc(Oc2ccc(C(=N)N)c3ccccc23)cc1. The average Bonchev–Trinajstić information content (AvgIpc) is 2.49. The lowest BCUT2D eigenvalue weighted by atomic mass is 10.0. The summed E-state index contributed by atoms with van der Waals surface area (Å²) < 4.78 is 5.97. The van der Waals surface area contributed by atoms with Gasteiger partial charge in [-0.1, -0.05) is 42.0 Å². The smallest absolute Gasteiger partial charge is 0.135 e. The normalized spacial score (nSPS) is 10.5. The second-order valence-electron chi connectivity index (χ2n) is 4.99. The van der Waals surface area contributed by atoms with Crippen molar-refractivity contribution in [1.29, 1.82) is 5.41 Å². The van der Waals surface area contributed by atoms with Crippen molar-refractivity contribution < 1.29 is 4.74 Å². The van der Waals surface area contributed by atoms with E-state index in [0.717, 1.165) is 27.8 Å². The van der Waals surface area contributed by atoms with Crippen LogP contribution in [0.4, 0.5) is 0 Å². The van der Waals surface area contributed by atoms with Crippen molar-refractivity contribution in [3.63, 3.8) is 0 Å². The van der Waals surface area contributed by atoms with Gasteiger partial charge in [0.1, 0.15) is 17.3 Å². The molecule has 0 fully saturated rings. The molecule has 3 aromatic rings. The highest BCUT2D eigenvalue weighted by Gasteiger charge is 2.09. The largest absolute Gasteiger partial charge is 0.457 e. The van der Waals surface area contributed by atoms with Crippen molar-refractivity contribution >= 4 is 16.6 Å². The van der Waals surface area contributed by atoms with E-state index in [1.54, 1.807) is 0 Å². The standard InChI is InChI=1S/C18H16N2O/c1-12-6-8-13(9-7-12)21-17-11-10-16(18(19)20)14-4-2-3-5-15(14)17/h2-11H,1H3,(H3,19,20). The number of amidine groups is 1. The molecule has 0 unspecified atom stereocenters. The first-order chi connectivity index (χ1) is 10.1. The lowest BCUT2D eigenvalue weighted by Gasteiger charge is -2.12. The molecule has 3 aromatic carbocycles. The van der Waals surface area contributed by atoms with E-state index >= 15 is 0 Å². The van der Waals surface area contributed by atoms with E-state index < -0.39 is 0 Å². The van der Waals surface area contributed by atoms with Gasteiger partial charge in [0.2, 0.25) is 0 Å². The Morgan fingerprint density at radius 2 is 1.57 bits per heavy atom. The van der Waals surface area contributed by atoms with E-state index in [0.29, 0.717) is 0 Å². The molecule has 104 valence electrons.